The van der Waals surface area contributed by atoms with Crippen LogP contribution in [0.4, 0.5) is 0 Å². The van der Waals surface area contributed by atoms with E-state index in [4.69, 9.17) is 13.8 Å². The summed E-state index contributed by atoms with van der Waals surface area (Å²) in [6, 6.07) is 0. The van der Waals surface area contributed by atoms with Crippen molar-refractivity contribution in [1.82, 2.24) is 0 Å². The first kappa shape index (κ1) is 35.2. The molecule has 37 heavy (non-hydrogen) atoms. The number of hydrogen-bond donors (Lipinski definition) is 0. The van der Waals surface area contributed by atoms with Crippen LogP contribution in [-0.4, -0.2) is 57.5 Å². The molecular formula is C29H50NO6P. The van der Waals surface area contributed by atoms with Crippen molar-refractivity contribution in [2.75, 3.05) is 40.9 Å². The molecule has 0 saturated heterocycles. The van der Waals surface area contributed by atoms with Crippen LogP contribution in [0.15, 0.2) is 60.8 Å². The predicted octanol–water partition coefficient (Wildman–Crippen LogP) is 6.44. The molecule has 0 spiro atoms. The van der Waals surface area contributed by atoms with Crippen molar-refractivity contribution in [3.8, 4) is 0 Å². The van der Waals surface area contributed by atoms with E-state index in [0.717, 1.165) is 38.5 Å². The molecule has 212 valence electrons. The lowest BCUT2D eigenvalue weighted by Crippen LogP contribution is -2.37. The minimum Gasteiger partial charge on any atom is -0.756 e. The Kier molecular flexibility index (Phi) is 21.2. The van der Waals surface area contributed by atoms with Crippen LogP contribution in [0.1, 0.15) is 71.6 Å². The molecule has 2 unspecified atom stereocenters. The number of carbonyl (C=O) groups is 1. The molecule has 0 fully saturated rings. The van der Waals surface area contributed by atoms with Gasteiger partial charge in [0.15, 0.2) is 0 Å². The number of quaternary nitrogens is 1. The van der Waals surface area contributed by atoms with E-state index in [0.29, 0.717) is 23.9 Å². The van der Waals surface area contributed by atoms with E-state index in [1.807, 2.05) is 28.1 Å². The molecule has 0 aliphatic rings. The Balaban J connectivity index is 3.94. The molecule has 0 N–H and O–H groups in total. The maximum atomic E-state index is 12.1. The molecule has 0 heterocycles. The van der Waals surface area contributed by atoms with Gasteiger partial charge in [0.2, 0.25) is 0 Å². The Labute approximate surface area is 225 Å². The molecule has 0 aromatic carbocycles. The number of esters is 1. The van der Waals surface area contributed by atoms with Crippen LogP contribution in [0.2, 0.25) is 0 Å². The maximum Gasteiger partial charge on any atom is 0.306 e. The molecule has 2 atom stereocenters. The zero-order chi connectivity index (χ0) is 27.8. The van der Waals surface area contributed by atoms with Gasteiger partial charge < -0.3 is 23.2 Å². The zero-order valence-electron chi connectivity index (χ0n) is 23.7. The summed E-state index contributed by atoms with van der Waals surface area (Å²) in [5.41, 5.74) is 0. The van der Waals surface area contributed by atoms with Crippen LogP contribution in [0.3, 0.4) is 0 Å². The van der Waals surface area contributed by atoms with E-state index in [1.165, 1.54) is 0 Å². The van der Waals surface area contributed by atoms with Crippen molar-refractivity contribution in [3.63, 3.8) is 0 Å². The lowest BCUT2D eigenvalue weighted by Gasteiger charge is -2.28. The second kappa shape index (κ2) is 22.2. The van der Waals surface area contributed by atoms with Gasteiger partial charge in [0, 0.05) is 6.42 Å². The third kappa shape index (κ3) is 25.7. The fourth-order valence-corrected chi connectivity index (χ4v) is 3.58. The summed E-state index contributed by atoms with van der Waals surface area (Å²) in [6.07, 6.45) is 27.9. The second-order valence-electron chi connectivity index (χ2n) is 9.71. The first-order valence-corrected chi connectivity index (χ1v) is 14.9. The topological polar surface area (TPSA) is 84.9 Å². The molecular weight excluding hydrogens is 489 g/mol. The molecule has 0 aromatic heterocycles. The third-order valence-corrected chi connectivity index (χ3v) is 6.06. The van der Waals surface area contributed by atoms with Crippen LogP contribution in [0.5, 0.6) is 0 Å². The first-order valence-electron chi connectivity index (χ1n) is 13.4. The summed E-state index contributed by atoms with van der Waals surface area (Å²) < 4.78 is 27.6. The lowest BCUT2D eigenvalue weighted by atomic mass is 10.2. The standard InChI is InChI=1S/C29H50NO6P/c1-6-8-9-10-11-12-13-14-15-16-17-18-19-20-21-22-23-24-29(31)36-28(7-2)27-35-37(32,33)34-26-25-30(3,4)5/h8-9,11-12,14-15,17-18,20-21,28H,6-7,10,13,16,19,22-27H2,1-5H3/b9-8-,12-11-,15-14-,18-17-,21-20-. The predicted molar refractivity (Wildman–Crippen MR) is 151 cm³/mol. The van der Waals surface area contributed by atoms with E-state index in [9.17, 15) is 14.3 Å². The lowest BCUT2D eigenvalue weighted by molar-refractivity contribution is -0.870. The minimum absolute atomic E-state index is 0.0384. The van der Waals surface area contributed by atoms with Crippen LogP contribution < -0.4 is 4.89 Å². The summed E-state index contributed by atoms with van der Waals surface area (Å²) >= 11 is 0. The average Bonchev–Trinajstić information content (AvgIpc) is 2.82. The first-order chi connectivity index (χ1) is 17.6. The van der Waals surface area contributed by atoms with Gasteiger partial charge in [-0.25, -0.2) is 0 Å². The SMILES string of the molecule is CC/C=C\C/C=C\C/C=C\C/C=C\C/C=C\CCCC(=O)OC(CC)COP(=O)([O-])OCC[N+](C)(C)C. The average molecular weight is 540 g/mol. The molecule has 0 saturated carbocycles. The van der Waals surface area contributed by atoms with Crippen LogP contribution >= 0.6 is 7.82 Å². The highest BCUT2D eigenvalue weighted by atomic mass is 31.2. The highest BCUT2D eigenvalue weighted by molar-refractivity contribution is 7.45. The van der Waals surface area contributed by atoms with Gasteiger partial charge in [0.05, 0.1) is 27.7 Å². The normalized spacial score (nSPS) is 15.5. The summed E-state index contributed by atoms with van der Waals surface area (Å²) in [6.45, 7) is 4.28. The molecule has 0 aromatic rings. The Morgan fingerprint density at radius 3 is 1.84 bits per heavy atom. The summed E-state index contributed by atoms with van der Waals surface area (Å²) in [7, 11) is 1.40. The molecule has 0 radical (unpaired) electrons. The second-order valence-corrected chi connectivity index (χ2v) is 11.1. The quantitative estimate of drug-likeness (QED) is 0.0518. The largest absolute Gasteiger partial charge is 0.756 e. The van der Waals surface area contributed by atoms with Crippen molar-refractivity contribution < 1.29 is 32.5 Å². The number of nitrogens with zero attached hydrogens (tertiary/aromatic N) is 1. The van der Waals surface area contributed by atoms with Gasteiger partial charge in [-0.2, -0.15) is 0 Å². The molecule has 0 amide bonds. The molecule has 0 aliphatic carbocycles. The minimum atomic E-state index is -4.42. The third-order valence-electron chi connectivity index (χ3n) is 5.09. The number of carbonyl (C=O) groups excluding carboxylic acids is 1. The fourth-order valence-electron chi connectivity index (χ4n) is 2.85. The van der Waals surface area contributed by atoms with E-state index < -0.39 is 13.9 Å². The summed E-state index contributed by atoms with van der Waals surface area (Å²) in [5, 5.41) is 0. The highest BCUT2D eigenvalue weighted by Crippen LogP contribution is 2.38. The van der Waals surface area contributed by atoms with E-state index >= 15 is 0 Å². The number of rotatable bonds is 22. The van der Waals surface area contributed by atoms with Gasteiger partial charge in [-0.3, -0.25) is 9.36 Å². The van der Waals surface area contributed by atoms with E-state index in [-0.39, 0.29) is 25.6 Å². The number of allylic oxidation sites excluding steroid dienone is 10. The summed E-state index contributed by atoms with van der Waals surface area (Å²) in [5.74, 6) is -0.352. The molecule has 0 rings (SSSR count). The van der Waals surface area contributed by atoms with Gasteiger partial charge in [0.25, 0.3) is 7.82 Å². The van der Waals surface area contributed by atoms with Gasteiger partial charge in [-0.15, -0.1) is 0 Å². The molecule has 7 nitrogen and oxygen atoms in total. The zero-order valence-corrected chi connectivity index (χ0v) is 24.6. The highest BCUT2D eigenvalue weighted by Gasteiger charge is 2.18. The van der Waals surface area contributed by atoms with Crippen molar-refractivity contribution in [2.45, 2.75) is 77.7 Å². The number of likely N-dealkylation sites (N-methyl/N-ethyl adjacent to an activating group) is 1. The van der Waals surface area contributed by atoms with Crippen molar-refractivity contribution in [3.05, 3.63) is 60.8 Å². The van der Waals surface area contributed by atoms with Crippen LogP contribution in [0.25, 0.3) is 0 Å². The number of unbranched alkanes of at least 4 members (excludes halogenated alkanes) is 1. The number of phosphoric acid groups is 1. The maximum absolute atomic E-state index is 12.1. The molecule has 0 aliphatic heterocycles. The van der Waals surface area contributed by atoms with Crippen molar-refractivity contribution in [1.29, 1.82) is 0 Å². The van der Waals surface area contributed by atoms with Gasteiger partial charge in [-0.1, -0.05) is 74.6 Å². The Bertz CT molecular complexity index is 780. The summed E-state index contributed by atoms with van der Waals surface area (Å²) in [4.78, 5) is 24.0. The van der Waals surface area contributed by atoms with Gasteiger partial charge in [0.1, 0.15) is 19.3 Å². The Morgan fingerprint density at radius 1 is 0.838 bits per heavy atom. The molecule has 0 bridgehead atoms. The van der Waals surface area contributed by atoms with Crippen molar-refractivity contribution in [2.24, 2.45) is 0 Å². The fraction of sp³-hybridized carbons (Fsp3) is 0.621. The van der Waals surface area contributed by atoms with E-state index in [1.54, 1.807) is 0 Å². The Hall–Kier alpha value is -1.76. The Morgan fingerprint density at radius 2 is 1.35 bits per heavy atom. The number of phosphoric ester groups is 1. The van der Waals surface area contributed by atoms with E-state index in [2.05, 4.69) is 67.7 Å². The van der Waals surface area contributed by atoms with Gasteiger partial charge in [-0.05, 0) is 51.4 Å². The van der Waals surface area contributed by atoms with Crippen LogP contribution in [-0.2, 0) is 23.1 Å². The van der Waals surface area contributed by atoms with Gasteiger partial charge >= 0.3 is 5.97 Å². The smallest absolute Gasteiger partial charge is 0.306 e. The molecule has 8 heteroatoms. The van der Waals surface area contributed by atoms with Crippen molar-refractivity contribution >= 4 is 13.8 Å². The number of ether oxygens (including phenoxy) is 1. The van der Waals surface area contributed by atoms with Crippen LogP contribution in [0, 0.1) is 0 Å². The monoisotopic (exact) mass is 539 g/mol. The number of hydrogen-bond acceptors (Lipinski definition) is 6.